The van der Waals surface area contributed by atoms with Crippen LogP contribution in [-0.4, -0.2) is 17.5 Å². The van der Waals surface area contributed by atoms with Gasteiger partial charge in [-0.3, -0.25) is 9.59 Å². The molecule has 1 saturated carbocycles. The summed E-state index contributed by atoms with van der Waals surface area (Å²) in [6, 6.07) is 7.49. The molecule has 2 N–H and O–H groups in total. The zero-order chi connectivity index (χ0) is 15.9. The highest BCUT2D eigenvalue weighted by atomic mass is 16.2. The normalized spacial score (nSPS) is 14.5. The van der Waals surface area contributed by atoms with Crippen molar-refractivity contribution in [3.05, 3.63) is 29.8 Å². The number of hydrogen-bond acceptors (Lipinski definition) is 3. The molecule has 0 saturated heterocycles. The number of nitrogens with one attached hydrogen (secondary N) is 2. The molecule has 1 fully saturated rings. The molecule has 5 nitrogen and oxygen atoms in total. The van der Waals surface area contributed by atoms with Gasteiger partial charge in [-0.25, -0.2) is 5.43 Å². The minimum Gasteiger partial charge on any atom is -0.326 e. The van der Waals surface area contributed by atoms with Crippen LogP contribution in [0.2, 0.25) is 0 Å². The molecule has 118 valence electrons. The highest BCUT2D eigenvalue weighted by Gasteiger charge is 2.29. The van der Waals surface area contributed by atoms with E-state index in [4.69, 9.17) is 0 Å². The minimum atomic E-state index is -0.0606. The molecule has 1 aromatic rings. The Morgan fingerprint density at radius 2 is 1.91 bits per heavy atom. The molecule has 0 heterocycles. The van der Waals surface area contributed by atoms with Crippen LogP contribution in [0.25, 0.3) is 0 Å². The minimum absolute atomic E-state index is 0.0606. The van der Waals surface area contributed by atoms with Gasteiger partial charge in [0, 0.05) is 18.0 Å². The van der Waals surface area contributed by atoms with E-state index >= 15 is 0 Å². The molecule has 0 aromatic heterocycles. The molecule has 5 heteroatoms. The van der Waals surface area contributed by atoms with Gasteiger partial charge >= 0.3 is 0 Å². The Bertz CT molecular complexity index is 560. The number of carbonyl (C=O) groups is 2. The van der Waals surface area contributed by atoms with E-state index in [1.807, 2.05) is 38.1 Å². The molecule has 0 unspecified atom stereocenters. The van der Waals surface area contributed by atoms with Crippen LogP contribution in [0, 0.1) is 5.92 Å². The maximum atomic E-state index is 11.7. The Hall–Kier alpha value is -2.17. The highest BCUT2D eigenvalue weighted by molar-refractivity contribution is 6.00. The van der Waals surface area contributed by atoms with Crippen LogP contribution in [0.4, 0.5) is 5.69 Å². The molecule has 0 radical (unpaired) electrons. The number of amides is 2. The zero-order valence-electron chi connectivity index (χ0n) is 13.2. The fourth-order valence-electron chi connectivity index (χ4n) is 1.99. The van der Waals surface area contributed by atoms with Gasteiger partial charge in [0.1, 0.15) is 0 Å². The van der Waals surface area contributed by atoms with Gasteiger partial charge in [0.05, 0.1) is 5.71 Å². The summed E-state index contributed by atoms with van der Waals surface area (Å²) in [5, 5.41) is 7.00. The first-order valence-corrected chi connectivity index (χ1v) is 7.84. The summed E-state index contributed by atoms with van der Waals surface area (Å²) in [4.78, 5) is 23.2. The molecule has 0 bridgehead atoms. The standard InChI is InChI=1S/C17H23N3O2/c1-3-4-5-16(21)20-19-12(2)13-8-10-15(11-9-13)18-17(22)14-6-7-14/h8-11,14H,3-7H2,1-2H3,(H,18,22)(H,20,21)/b19-12-. The van der Waals surface area contributed by atoms with Crippen LogP contribution < -0.4 is 10.7 Å². The van der Waals surface area contributed by atoms with E-state index in [0.717, 1.165) is 42.6 Å². The van der Waals surface area contributed by atoms with E-state index in [0.29, 0.717) is 6.42 Å². The fourth-order valence-corrected chi connectivity index (χ4v) is 1.99. The molecule has 0 aliphatic heterocycles. The lowest BCUT2D eigenvalue weighted by Gasteiger charge is -2.06. The van der Waals surface area contributed by atoms with Crippen molar-refractivity contribution in [3.8, 4) is 0 Å². The SMILES string of the molecule is CCCCC(=O)N/N=C(/C)c1ccc(NC(=O)C2CC2)cc1. The number of hydrogen-bond donors (Lipinski definition) is 2. The van der Waals surface area contributed by atoms with Crippen LogP contribution in [0.5, 0.6) is 0 Å². The van der Waals surface area contributed by atoms with Gasteiger partial charge in [0.15, 0.2) is 0 Å². The molecular formula is C17H23N3O2. The van der Waals surface area contributed by atoms with Crippen molar-refractivity contribution in [3.63, 3.8) is 0 Å². The molecule has 1 aliphatic rings. The van der Waals surface area contributed by atoms with Gasteiger partial charge < -0.3 is 5.32 Å². The summed E-state index contributed by atoms with van der Waals surface area (Å²) in [5.74, 6) is 0.233. The maximum absolute atomic E-state index is 11.7. The van der Waals surface area contributed by atoms with Gasteiger partial charge in [-0.2, -0.15) is 5.10 Å². The van der Waals surface area contributed by atoms with Crippen molar-refractivity contribution in [1.29, 1.82) is 0 Å². The second-order valence-electron chi connectivity index (χ2n) is 5.68. The van der Waals surface area contributed by atoms with Crippen molar-refractivity contribution < 1.29 is 9.59 Å². The number of anilines is 1. The van der Waals surface area contributed by atoms with E-state index in [9.17, 15) is 9.59 Å². The zero-order valence-corrected chi connectivity index (χ0v) is 13.2. The molecule has 0 spiro atoms. The first kappa shape index (κ1) is 16.2. The Balaban J connectivity index is 1.88. The summed E-state index contributed by atoms with van der Waals surface area (Å²) in [6.45, 7) is 3.89. The van der Waals surface area contributed by atoms with Crippen LogP contribution >= 0.6 is 0 Å². The molecule has 1 aromatic carbocycles. The molecule has 2 amide bonds. The van der Waals surface area contributed by atoms with E-state index in [-0.39, 0.29) is 17.7 Å². The Morgan fingerprint density at radius 3 is 2.50 bits per heavy atom. The first-order chi connectivity index (χ1) is 10.6. The largest absolute Gasteiger partial charge is 0.326 e. The third-order valence-electron chi connectivity index (χ3n) is 3.62. The van der Waals surface area contributed by atoms with Crippen LogP contribution in [-0.2, 0) is 9.59 Å². The Kier molecular flexibility index (Phi) is 5.69. The molecule has 1 aliphatic carbocycles. The molecule has 0 atom stereocenters. The third kappa shape index (κ3) is 4.98. The van der Waals surface area contributed by atoms with Crippen molar-refractivity contribution >= 4 is 23.2 Å². The van der Waals surface area contributed by atoms with Crippen LogP contribution in [0.15, 0.2) is 29.4 Å². The first-order valence-electron chi connectivity index (χ1n) is 7.84. The second kappa shape index (κ2) is 7.73. The van der Waals surface area contributed by atoms with Crippen molar-refractivity contribution in [2.75, 3.05) is 5.32 Å². The fraction of sp³-hybridized carbons (Fsp3) is 0.471. The average Bonchev–Trinajstić information content (AvgIpc) is 3.36. The smallest absolute Gasteiger partial charge is 0.240 e. The summed E-state index contributed by atoms with van der Waals surface area (Å²) in [5.41, 5.74) is 5.01. The van der Waals surface area contributed by atoms with E-state index in [2.05, 4.69) is 15.8 Å². The average molecular weight is 301 g/mol. The monoisotopic (exact) mass is 301 g/mol. The summed E-state index contributed by atoms with van der Waals surface area (Å²) < 4.78 is 0. The Morgan fingerprint density at radius 1 is 1.23 bits per heavy atom. The molecule has 22 heavy (non-hydrogen) atoms. The second-order valence-corrected chi connectivity index (χ2v) is 5.68. The number of unbranched alkanes of at least 4 members (excludes halogenated alkanes) is 1. The third-order valence-corrected chi connectivity index (χ3v) is 3.62. The van der Waals surface area contributed by atoms with Gasteiger partial charge in [0.25, 0.3) is 0 Å². The number of benzene rings is 1. The Labute approximate surface area is 131 Å². The van der Waals surface area contributed by atoms with Gasteiger partial charge in [0.2, 0.25) is 11.8 Å². The number of nitrogens with zero attached hydrogens (tertiary/aromatic N) is 1. The van der Waals surface area contributed by atoms with Crippen molar-refractivity contribution in [1.82, 2.24) is 5.43 Å². The maximum Gasteiger partial charge on any atom is 0.240 e. The topological polar surface area (TPSA) is 70.6 Å². The predicted octanol–water partition coefficient (Wildman–Crippen LogP) is 3.07. The summed E-state index contributed by atoms with van der Waals surface area (Å²) in [7, 11) is 0. The number of hydrazone groups is 1. The van der Waals surface area contributed by atoms with Crippen LogP contribution in [0.1, 0.15) is 51.5 Å². The van der Waals surface area contributed by atoms with E-state index in [1.54, 1.807) is 0 Å². The summed E-state index contributed by atoms with van der Waals surface area (Å²) >= 11 is 0. The summed E-state index contributed by atoms with van der Waals surface area (Å²) in [6.07, 6.45) is 4.35. The molecular weight excluding hydrogens is 278 g/mol. The highest BCUT2D eigenvalue weighted by Crippen LogP contribution is 2.30. The number of carbonyl (C=O) groups excluding carboxylic acids is 2. The van der Waals surface area contributed by atoms with E-state index < -0.39 is 0 Å². The number of rotatable bonds is 7. The molecule has 2 rings (SSSR count). The predicted molar refractivity (Wildman–Crippen MR) is 87.7 cm³/mol. The lowest BCUT2D eigenvalue weighted by Crippen LogP contribution is -2.18. The van der Waals surface area contributed by atoms with Gasteiger partial charge in [-0.15, -0.1) is 0 Å². The lowest BCUT2D eigenvalue weighted by atomic mass is 10.1. The van der Waals surface area contributed by atoms with Crippen LogP contribution in [0.3, 0.4) is 0 Å². The van der Waals surface area contributed by atoms with Gasteiger partial charge in [-0.05, 0) is 43.9 Å². The van der Waals surface area contributed by atoms with Crippen molar-refractivity contribution in [2.24, 2.45) is 11.0 Å². The van der Waals surface area contributed by atoms with E-state index in [1.165, 1.54) is 0 Å². The lowest BCUT2D eigenvalue weighted by molar-refractivity contribution is -0.121. The van der Waals surface area contributed by atoms with Gasteiger partial charge in [-0.1, -0.05) is 25.5 Å². The quantitative estimate of drug-likeness (QED) is 0.600. The van der Waals surface area contributed by atoms with Crippen molar-refractivity contribution in [2.45, 2.75) is 46.0 Å².